The largest absolute Gasteiger partial charge is 1.00 e. The van der Waals surface area contributed by atoms with Crippen LogP contribution >= 0.6 is 0 Å². The predicted molar refractivity (Wildman–Crippen MR) is 39.6 cm³/mol. The molecule has 0 aromatic heterocycles. The van der Waals surface area contributed by atoms with E-state index in [0.717, 1.165) is 13.1 Å². The van der Waals surface area contributed by atoms with Gasteiger partial charge in [-0.05, 0) is 0 Å². The highest BCUT2D eigenvalue weighted by atomic mass is 35.5. The molecule has 0 atom stereocenters. The average molecular weight is 209 g/mol. The molecule has 1 rings (SSSR count). The highest BCUT2D eigenvalue weighted by Crippen LogP contribution is 2.04. The van der Waals surface area contributed by atoms with Gasteiger partial charge in [-0.2, -0.15) is 0 Å². The molecule has 2 nitrogen and oxygen atoms in total. The van der Waals surface area contributed by atoms with Crippen molar-refractivity contribution in [1.82, 2.24) is 0 Å². The second-order valence-electron chi connectivity index (χ2n) is 2.27. The first-order chi connectivity index (χ1) is 4.88. The normalized spacial score (nSPS) is 8.17. The molecular weight excluding hydrogens is 195 g/mol. The molecule has 0 heterocycles. The van der Waals surface area contributed by atoms with Crippen molar-refractivity contribution in [2.45, 2.75) is 13.1 Å². The van der Waals surface area contributed by atoms with Crippen LogP contribution in [0.4, 0.5) is 0 Å². The molecule has 0 fully saturated rings. The third-order valence-electron chi connectivity index (χ3n) is 1.66. The summed E-state index contributed by atoms with van der Waals surface area (Å²) in [7, 11) is 0. The molecule has 0 amide bonds. The SMILES string of the molecule is [Cl-].[Cl-].[NH3+]Cc1ccccc1C[NH3+]. The molecule has 0 spiro atoms. The molecule has 0 aliphatic rings. The van der Waals surface area contributed by atoms with Crippen molar-refractivity contribution in [2.75, 3.05) is 0 Å². The van der Waals surface area contributed by atoms with Crippen LogP contribution in [-0.2, 0) is 13.1 Å². The fraction of sp³-hybridized carbons (Fsp3) is 0.250. The van der Waals surface area contributed by atoms with Crippen molar-refractivity contribution >= 4 is 0 Å². The number of rotatable bonds is 2. The van der Waals surface area contributed by atoms with Crippen molar-refractivity contribution in [2.24, 2.45) is 0 Å². The maximum Gasteiger partial charge on any atom is 0.100 e. The first-order valence-corrected chi connectivity index (χ1v) is 3.53. The van der Waals surface area contributed by atoms with Gasteiger partial charge in [-0.25, -0.2) is 0 Å². The summed E-state index contributed by atoms with van der Waals surface area (Å²) in [6.45, 7) is 1.73. The first kappa shape index (κ1) is 14.3. The van der Waals surface area contributed by atoms with Crippen LogP contribution in [0.15, 0.2) is 24.3 Å². The minimum Gasteiger partial charge on any atom is -1.00 e. The molecule has 6 N–H and O–H groups in total. The maximum absolute atomic E-state index is 3.84. The Morgan fingerprint density at radius 1 is 0.833 bits per heavy atom. The fourth-order valence-electron chi connectivity index (χ4n) is 1.05. The Morgan fingerprint density at radius 2 is 1.17 bits per heavy atom. The van der Waals surface area contributed by atoms with E-state index in [-0.39, 0.29) is 24.8 Å². The molecule has 0 aliphatic carbocycles. The van der Waals surface area contributed by atoms with Crippen LogP contribution in [-0.4, -0.2) is 0 Å². The van der Waals surface area contributed by atoms with Crippen LogP contribution in [0.5, 0.6) is 0 Å². The summed E-state index contributed by atoms with van der Waals surface area (Å²) in [6.07, 6.45) is 0. The quantitative estimate of drug-likeness (QED) is 0.486. The summed E-state index contributed by atoms with van der Waals surface area (Å²) in [5.41, 5.74) is 10.3. The topological polar surface area (TPSA) is 55.3 Å². The Kier molecular flexibility index (Phi) is 8.76. The summed E-state index contributed by atoms with van der Waals surface area (Å²) in [5.74, 6) is 0. The lowest BCUT2D eigenvalue weighted by Crippen LogP contribution is -3.00. The molecule has 0 bridgehead atoms. The van der Waals surface area contributed by atoms with Crippen LogP contribution in [0, 0.1) is 0 Å². The summed E-state index contributed by atoms with van der Waals surface area (Å²) in [6, 6.07) is 8.29. The molecular formula is C8H14Cl2N2. The van der Waals surface area contributed by atoms with Crippen molar-refractivity contribution < 1.29 is 36.3 Å². The molecule has 70 valence electrons. The molecule has 0 saturated heterocycles. The van der Waals surface area contributed by atoms with Crippen molar-refractivity contribution in [3.63, 3.8) is 0 Å². The standard InChI is InChI=1S/C8H12N2.2ClH/c9-5-7-3-1-2-4-8(7)6-10;;/h1-4H,5-6,9-10H2;2*1H. The van der Waals surface area contributed by atoms with E-state index in [1.54, 1.807) is 0 Å². The van der Waals surface area contributed by atoms with Crippen molar-refractivity contribution in [1.29, 1.82) is 0 Å². The molecule has 4 heteroatoms. The lowest BCUT2D eigenvalue weighted by molar-refractivity contribution is -0.394. The smallest absolute Gasteiger partial charge is 0.100 e. The molecule has 0 aliphatic heterocycles. The van der Waals surface area contributed by atoms with E-state index >= 15 is 0 Å². The lowest BCUT2D eigenvalue weighted by Gasteiger charge is -1.98. The van der Waals surface area contributed by atoms with Crippen LogP contribution in [0.2, 0.25) is 0 Å². The van der Waals surface area contributed by atoms with Gasteiger partial charge in [-0.3, -0.25) is 0 Å². The van der Waals surface area contributed by atoms with Gasteiger partial charge in [0.05, 0.1) is 0 Å². The van der Waals surface area contributed by atoms with Gasteiger partial charge in [-0.1, -0.05) is 24.3 Å². The highest BCUT2D eigenvalue weighted by Gasteiger charge is 1.98. The Morgan fingerprint density at radius 3 is 1.42 bits per heavy atom. The first-order valence-electron chi connectivity index (χ1n) is 3.53. The Hall–Kier alpha value is -0.280. The van der Waals surface area contributed by atoms with Gasteiger partial charge in [0.25, 0.3) is 0 Å². The average Bonchev–Trinajstić information content (AvgIpc) is 2.04. The molecule has 0 radical (unpaired) electrons. The van der Waals surface area contributed by atoms with Gasteiger partial charge in [0, 0.05) is 11.1 Å². The van der Waals surface area contributed by atoms with Crippen molar-refractivity contribution in [3.8, 4) is 0 Å². The van der Waals surface area contributed by atoms with E-state index < -0.39 is 0 Å². The minimum atomic E-state index is 0. The third kappa shape index (κ3) is 3.41. The zero-order valence-corrected chi connectivity index (χ0v) is 8.41. The third-order valence-corrected chi connectivity index (χ3v) is 1.66. The van der Waals surface area contributed by atoms with Gasteiger partial charge >= 0.3 is 0 Å². The molecule has 12 heavy (non-hydrogen) atoms. The Balaban J connectivity index is 0. The van der Waals surface area contributed by atoms with Crippen LogP contribution in [0.3, 0.4) is 0 Å². The molecule has 1 aromatic carbocycles. The van der Waals surface area contributed by atoms with Crippen molar-refractivity contribution in [3.05, 3.63) is 35.4 Å². The summed E-state index contributed by atoms with van der Waals surface area (Å²) >= 11 is 0. The summed E-state index contributed by atoms with van der Waals surface area (Å²) in [4.78, 5) is 0. The van der Waals surface area contributed by atoms with E-state index in [2.05, 4.69) is 23.6 Å². The van der Waals surface area contributed by atoms with E-state index in [9.17, 15) is 0 Å². The van der Waals surface area contributed by atoms with E-state index in [1.165, 1.54) is 11.1 Å². The molecule has 0 saturated carbocycles. The minimum absolute atomic E-state index is 0. The van der Waals surface area contributed by atoms with Crippen LogP contribution < -0.4 is 36.3 Å². The maximum atomic E-state index is 3.84. The number of halogens is 2. The van der Waals surface area contributed by atoms with Crippen LogP contribution in [0.25, 0.3) is 0 Å². The van der Waals surface area contributed by atoms with Gasteiger partial charge < -0.3 is 36.3 Å². The molecule has 1 aromatic rings. The number of quaternary nitrogens is 2. The van der Waals surface area contributed by atoms with E-state index in [0.29, 0.717) is 0 Å². The number of benzene rings is 1. The highest BCUT2D eigenvalue weighted by molar-refractivity contribution is 5.24. The summed E-state index contributed by atoms with van der Waals surface area (Å²) < 4.78 is 0. The fourth-order valence-corrected chi connectivity index (χ4v) is 1.05. The zero-order valence-electron chi connectivity index (χ0n) is 6.89. The lowest BCUT2D eigenvalue weighted by atomic mass is 10.1. The van der Waals surface area contributed by atoms with E-state index in [4.69, 9.17) is 0 Å². The van der Waals surface area contributed by atoms with Crippen LogP contribution in [0.1, 0.15) is 11.1 Å². The van der Waals surface area contributed by atoms with Gasteiger partial charge in [0.15, 0.2) is 0 Å². The Bertz CT molecular complexity index is 193. The number of hydrogen-bond acceptors (Lipinski definition) is 0. The monoisotopic (exact) mass is 208 g/mol. The van der Waals surface area contributed by atoms with Gasteiger partial charge in [0.1, 0.15) is 13.1 Å². The predicted octanol–water partition coefficient (Wildman–Crippen LogP) is -6.82. The number of hydrogen-bond donors (Lipinski definition) is 2. The van der Waals surface area contributed by atoms with Gasteiger partial charge in [-0.15, -0.1) is 0 Å². The molecule has 0 unspecified atom stereocenters. The van der Waals surface area contributed by atoms with E-state index in [1.807, 2.05) is 12.1 Å². The Labute approximate surface area is 85.1 Å². The second-order valence-corrected chi connectivity index (χ2v) is 2.27. The van der Waals surface area contributed by atoms with Gasteiger partial charge in [0.2, 0.25) is 0 Å². The zero-order chi connectivity index (χ0) is 7.40. The second kappa shape index (κ2) is 7.37. The summed E-state index contributed by atoms with van der Waals surface area (Å²) in [5, 5.41) is 0.